The van der Waals surface area contributed by atoms with Crippen LogP contribution in [0.15, 0.2) is 35.7 Å². The Hall–Kier alpha value is -2.74. The van der Waals surface area contributed by atoms with Gasteiger partial charge in [-0.25, -0.2) is 13.2 Å². The van der Waals surface area contributed by atoms with E-state index in [0.29, 0.717) is 17.1 Å². The first kappa shape index (κ1) is 14.2. The summed E-state index contributed by atoms with van der Waals surface area (Å²) in [5.41, 5.74) is 6.29. The van der Waals surface area contributed by atoms with Crippen LogP contribution in [0.3, 0.4) is 0 Å². The number of aromatic nitrogens is 1. The number of carboxylic acid groups (broad SMARTS) is 1. The van der Waals surface area contributed by atoms with Gasteiger partial charge in [0.1, 0.15) is 5.76 Å². The number of rotatable bonds is 2. The lowest BCUT2D eigenvalue weighted by Crippen LogP contribution is -2.16. The molecule has 3 rings (SSSR count). The van der Waals surface area contributed by atoms with Gasteiger partial charge in [-0.3, -0.25) is 4.57 Å². The Bertz CT molecular complexity index is 940. The van der Waals surface area contributed by atoms with E-state index >= 15 is 0 Å². The van der Waals surface area contributed by atoms with E-state index in [2.05, 4.69) is 6.58 Å². The molecular weight excluding hydrogens is 308 g/mol. The van der Waals surface area contributed by atoms with Gasteiger partial charge in [-0.05, 0) is 24.3 Å². The number of anilines is 1. The lowest BCUT2D eigenvalue weighted by Gasteiger charge is -2.23. The van der Waals surface area contributed by atoms with Crippen molar-refractivity contribution in [3.05, 3.63) is 42.2 Å². The molecule has 2 heterocycles. The summed E-state index contributed by atoms with van der Waals surface area (Å²) in [6.45, 7) is 3.73. The molecule has 0 unspecified atom stereocenters. The van der Waals surface area contributed by atoms with Gasteiger partial charge in [-0.2, -0.15) is 0 Å². The zero-order valence-corrected chi connectivity index (χ0v) is 12.3. The first-order valence-electron chi connectivity index (χ1n) is 6.16. The average molecular weight is 320 g/mol. The van der Waals surface area contributed by atoms with E-state index in [-0.39, 0.29) is 22.0 Å². The Morgan fingerprint density at radius 2 is 2.05 bits per heavy atom. The van der Waals surface area contributed by atoms with Crippen molar-refractivity contribution in [3.8, 4) is 11.4 Å². The predicted molar refractivity (Wildman–Crippen MR) is 79.9 cm³/mol. The van der Waals surface area contributed by atoms with Crippen LogP contribution in [-0.2, 0) is 9.84 Å². The van der Waals surface area contributed by atoms with Crippen molar-refractivity contribution in [2.45, 2.75) is 4.90 Å². The molecule has 0 saturated carbocycles. The molecule has 114 valence electrons. The van der Waals surface area contributed by atoms with Crippen LogP contribution in [-0.4, -0.2) is 30.3 Å². The van der Waals surface area contributed by atoms with Crippen molar-refractivity contribution < 1.29 is 23.1 Å². The van der Waals surface area contributed by atoms with Crippen LogP contribution in [0, 0.1) is 0 Å². The van der Waals surface area contributed by atoms with Crippen molar-refractivity contribution in [1.82, 2.24) is 4.57 Å². The number of hydrogen-bond acceptors (Lipinski definition) is 5. The number of carbonyl (C=O) groups is 1. The second kappa shape index (κ2) is 4.38. The minimum Gasteiger partial charge on any atom is -0.476 e. The quantitative estimate of drug-likeness (QED) is 0.868. The molecule has 0 aliphatic carbocycles. The highest BCUT2D eigenvalue weighted by molar-refractivity contribution is 7.90. The Kier molecular flexibility index (Phi) is 2.83. The summed E-state index contributed by atoms with van der Waals surface area (Å²) >= 11 is 0. The zero-order chi connectivity index (χ0) is 16.2. The first-order valence-corrected chi connectivity index (χ1v) is 8.05. The van der Waals surface area contributed by atoms with E-state index in [1.165, 1.54) is 28.8 Å². The SMILES string of the molecule is C=C1Oc2ccc(S(C)(=O)=O)cc2-n2c1cc(N)c2C(=O)O. The Morgan fingerprint density at radius 3 is 2.64 bits per heavy atom. The third-order valence-electron chi connectivity index (χ3n) is 3.35. The van der Waals surface area contributed by atoms with Gasteiger partial charge in [0.2, 0.25) is 0 Å². The molecule has 7 nitrogen and oxygen atoms in total. The van der Waals surface area contributed by atoms with Crippen LogP contribution >= 0.6 is 0 Å². The highest BCUT2D eigenvalue weighted by Crippen LogP contribution is 2.39. The highest BCUT2D eigenvalue weighted by atomic mass is 32.2. The molecule has 0 saturated heterocycles. The van der Waals surface area contributed by atoms with Gasteiger partial charge in [-0.1, -0.05) is 6.58 Å². The highest BCUT2D eigenvalue weighted by Gasteiger charge is 2.29. The molecule has 3 N–H and O–H groups in total. The first-order chi connectivity index (χ1) is 10.2. The number of sulfone groups is 1. The molecule has 22 heavy (non-hydrogen) atoms. The summed E-state index contributed by atoms with van der Waals surface area (Å²) < 4.78 is 30.3. The molecule has 0 bridgehead atoms. The van der Waals surface area contributed by atoms with E-state index in [0.717, 1.165) is 6.26 Å². The fraction of sp³-hybridized carbons (Fsp3) is 0.0714. The zero-order valence-electron chi connectivity index (χ0n) is 11.5. The summed E-state index contributed by atoms with van der Waals surface area (Å²) in [6.07, 6.45) is 1.07. The monoisotopic (exact) mass is 320 g/mol. The Labute approximate surface area is 126 Å². The second-order valence-electron chi connectivity index (χ2n) is 4.90. The molecule has 0 atom stereocenters. The van der Waals surface area contributed by atoms with Crippen molar-refractivity contribution >= 4 is 27.3 Å². The summed E-state index contributed by atoms with van der Waals surface area (Å²) in [7, 11) is -3.45. The molecule has 0 fully saturated rings. The number of aromatic carboxylic acids is 1. The van der Waals surface area contributed by atoms with Gasteiger partial charge < -0.3 is 15.6 Å². The maximum atomic E-state index is 11.7. The molecular formula is C14H12N2O5S. The number of benzene rings is 1. The minimum atomic E-state index is -3.45. The summed E-state index contributed by atoms with van der Waals surface area (Å²) in [5.74, 6) is -0.684. The lowest BCUT2D eigenvalue weighted by molar-refractivity contribution is 0.0689. The van der Waals surface area contributed by atoms with Crippen LogP contribution in [0.2, 0.25) is 0 Å². The van der Waals surface area contributed by atoms with Gasteiger partial charge in [0.25, 0.3) is 0 Å². The number of nitrogens with two attached hydrogens (primary N) is 1. The standard InChI is InChI=1S/C14H12N2O5S/c1-7-10-6-9(15)13(14(17)18)16(10)11-5-8(22(2,19)20)3-4-12(11)21-7/h3-6H,1,15H2,2H3,(H,17,18). The normalized spacial score (nSPS) is 13.2. The van der Waals surface area contributed by atoms with Crippen LogP contribution in [0.4, 0.5) is 5.69 Å². The topological polar surface area (TPSA) is 112 Å². The van der Waals surface area contributed by atoms with Crippen molar-refractivity contribution in [1.29, 1.82) is 0 Å². The predicted octanol–water partition coefficient (Wildman–Crippen LogP) is 1.52. The minimum absolute atomic E-state index is 0.0462. The third kappa shape index (κ3) is 1.96. The number of carboxylic acids is 1. The summed E-state index contributed by atoms with van der Waals surface area (Å²) in [4.78, 5) is 11.5. The molecule has 0 radical (unpaired) electrons. The maximum absolute atomic E-state index is 11.7. The molecule has 1 aliphatic heterocycles. The van der Waals surface area contributed by atoms with Gasteiger partial charge in [0, 0.05) is 6.26 Å². The average Bonchev–Trinajstić information content (AvgIpc) is 2.75. The molecule has 1 aliphatic rings. The third-order valence-corrected chi connectivity index (χ3v) is 4.46. The van der Waals surface area contributed by atoms with E-state index in [9.17, 15) is 18.3 Å². The van der Waals surface area contributed by atoms with Gasteiger partial charge in [0.05, 0.1) is 22.0 Å². The molecule has 2 aromatic rings. The van der Waals surface area contributed by atoms with Crippen molar-refractivity contribution in [2.75, 3.05) is 12.0 Å². The van der Waals surface area contributed by atoms with E-state index in [1.54, 1.807) is 0 Å². The number of fused-ring (bicyclic) bond motifs is 3. The fourth-order valence-corrected chi connectivity index (χ4v) is 3.02. The lowest BCUT2D eigenvalue weighted by atomic mass is 10.2. The van der Waals surface area contributed by atoms with Crippen LogP contribution in [0.25, 0.3) is 11.4 Å². The second-order valence-corrected chi connectivity index (χ2v) is 6.92. The Balaban J connectivity index is 2.39. The molecule has 8 heteroatoms. The molecule has 1 aromatic carbocycles. The van der Waals surface area contributed by atoms with E-state index in [1.807, 2.05) is 0 Å². The number of nitrogens with zero attached hydrogens (tertiary/aromatic N) is 1. The number of ether oxygens (including phenoxy) is 1. The summed E-state index contributed by atoms with van der Waals surface area (Å²) in [5, 5.41) is 9.36. The summed E-state index contributed by atoms with van der Waals surface area (Å²) in [6, 6.07) is 5.63. The Morgan fingerprint density at radius 1 is 1.36 bits per heavy atom. The van der Waals surface area contributed by atoms with E-state index < -0.39 is 15.8 Å². The molecule has 0 amide bonds. The van der Waals surface area contributed by atoms with Gasteiger partial charge >= 0.3 is 5.97 Å². The number of hydrogen-bond donors (Lipinski definition) is 2. The van der Waals surface area contributed by atoms with Crippen LogP contribution in [0.1, 0.15) is 16.2 Å². The van der Waals surface area contributed by atoms with Crippen LogP contribution < -0.4 is 10.5 Å². The molecule has 1 aromatic heterocycles. The van der Waals surface area contributed by atoms with Crippen molar-refractivity contribution in [3.63, 3.8) is 0 Å². The maximum Gasteiger partial charge on any atom is 0.355 e. The number of nitrogen functional groups attached to an aromatic ring is 1. The fourth-order valence-electron chi connectivity index (χ4n) is 2.38. The largest absolute Gasteiger partial charge is 0.476 e. The molecule has 0 spiro atoms. The van der Waals surface area contributed by atoms with Gasteiger partial charge in [0.15, 0.2) is 21.3 Å². The van der Waals surface area contributed by atoms with Crippen LogP contribution in [0.5, 0.6) is 5.75 Å². The smallest absolute Gasteiger partial charge is 0.355 e. The van der Waals surface area contributed by atoms with Crippen molar-refractivity contribution in [2.24, 2.45) is 0 Å². The van der Waals surface area contributed by atoms with E-state index in [4.69, 9.17) is 10.5 Å². The van der Waals surface area contributed by atoms with Gasteiger partial charge in [-0.15, -0.1) is 0 Å².